The number of carbonyl (C=O) groups excluding carboxylic acids is 2. The number of carbonyl (C=O) groups is 2. The minimum absolute atomic E-state index is 0.00823. The van der Waals surface area contributed by atoms with E-state index in [1.165, 1.54) is 12.1 Å². The second-order valence-corrected chi connectivity index (χ2v) is 6.32. The highest BCUT2D eigenvalue weighted by Gasteiger charge is 2.30. The maximum atomic E-state index is 12.2. The number of benzene rings is 1. The third-order valence-corrected chi connectivity index (χ3v) is 4.54. The smallest absolute Gasteiger partial charge is 0.244 e. The number of nitrogens with zero attached hydrogens (tertiary/aromatic N) is 1. The number of amides is 2. The van der Waals surface area contributed by atoms with Crippen LogP contribution >= 0.6 is 0 Å². The van der Waals surface area contributed by atoms with E-state index in [9.17, 15) is 18.0 Å². The van der Waals surface area contributed by atoms with E-state index in [1.807, 2.05) is 6.07 Å². The molecular weight excluding hydrogens is 294 g/mol. The van der Waals surface area contributed by atoms with Gasteiger partial charge in [-0.3, -0.25) is 14.9 Å². The summed E-state index contributed by atoms with van der Waals surface area (Å²) in [6.45, 7) is 0. The number of hydrogen-bond acceptors (Lipinski definition) is 5. The fourth-order valence-electron chi connectivity index (χ4n) is 1.94. The highest BCUT2D eigenvalue weighted by molar-refractivity contribution is 7.89. The lowest BCUT2D eigenvalue weighted by Crippen LogP contribution is -2.52. The van der Waals surface area contributed by atoms with Crippen LogP contribution in [-0.4, -0.2) is 26.3 Å². The van der Waals surface area contributed by atoms with Crippen LogP contribution in [0.1, 0.15) is 18.4 Å². The molecule has 0 aromatic heterocycles. The third-order valence-electron chi connectivity index (χ3n) is 3.05. The molecule has 21 heavy (non-hydrogen) atoms. The SMILES string of the molecule is N#CCc1ccc(S(=O)(=O)NC2CCC(=O)NC2=O)cc1. The van der Waals surface area contributed by atoms with Crippen LogP contribution in [0.2, 0.25) is 0 Å². The molecule has 0 aliphatic carbocycles. The van der Waals surface area contributed by atoms with E-state index in [-0.39, 0.29) is 24.2 Å². The van der Waals surface area contributed by atoms with Gasteiger partial charge in [-0.05, 0) is 24.1 Å². The van der Waals surface area contributed by atoms with Crippen molar-refractivity contribution in [3.8, 4) is 6.07 Å². The normalized spacial score (nSPS) is 18.9. The Morgan fingerprint density at radius 3 is 2.52 bits per heavy atom. The van der Waals surface area contributed by atoms with Crippen LogP contribution in [0.25, 0.3) is 0 Å². The molecule has 2 amide bonds. The van der Waals surface area contributed by atoms with Crippen LogP contribution in [-0.2, 0) is 26.0 Å². The van der Waals surface area contributed by atoms with Gasteiger partial charge in [-0.25, -0.2) is 8.42 Å². The average molecular weight is 307 g/mol. The molecule has 1 heterocycles. The quantitative estimate of drug-likeness (QED) is 0.750. The molecule has 1 atom stereocenters. The Hall–Kier alpha value is -2.24. The summed E-state index contributed by atoms with van der Waals surface area (Å²) < 4.78 is 26.6. The molecule has 1 saturated heterocycles. The Labute approximate surface area is 122 Å². The molecule has 7 nitrogen and oxygen atoms in total. The summed E-state index contributed by atoms with van der Waals surface area (Å²) in [5.41, 5.74) is 0.706. The van der Waals surface area contributed by atoms with Crippen LogP contribution in [0.15, 0.2) is 29.2 Å². The Balaban J connectivity index is 2.13. The number of nitriles is 1. The highest BCUT2D eigenvalue weighted by atomic mass is 32.2. The number of nitrogens with one attached hydrogen (secondary N) is 2. The van der Waals surface area contributed by atoms with Crippen LogP contribution in [0.5, 0.6) is 0 Å². The summed E-state index contributed by atoms with van der Waals surface area (Å²) in [6, 6.07) is 6.86. The maximum Gasteiger partial charge on any atom is 0.244 e. The monoisotopic (exact) mass is 307 g/mol. The predicted molar refractivity (Wildman–Crippen MR) is 72.3 cm³/mol. The number of hydrogen-bond donors (Lipinski definition) is 2. The molecule has 1 aromatic carbocycles. The van der Waals surface area contributed by atoms with Gasteiger partial charge in [0.2, 0.25) is 21.8 Å². The average Bonchev–Trinajstić information content (AvgIpc) is 2.43. The van der Waals surface area contributed by atoms with Crippen LogP contribution in [0.3, 0.4) is 0 Å². The zero-order valence-corrected chi connectivity index (χ0v) is 11.8. The van der Waals surface area contributed by atoms with Crippen molar-refractivity contribution in [1.29, 1.82) is 5.26 Å². The molecule has 0 radical (unpaired) electrons. The molecule has 0 bridgehead atoms. The van der Waals surface area contributed by atoms with Crippen LogP contribution < -0.4 is 10.0 Å². The fraction of sp³-hybridized carbons (Fsp3) is 0.308. The predicted octanol–water partition coefficient (Wildman–Crippen LogP) is -0.164. The van der Waals surface area contributed by atoms with Crippen molar-refractivity contribution in [3.63, 3.8) is 0 Å². The van der Waals surface area contributed by atoms with Crippen LogP contribution in [0.4, 0.5) is 0 Å². The van der Waals surface area contributed by atoms with E-state index in [2.05, 4.69) is 10.0 Å². The first-order chi connectivity index (χ1) is 9.92. The van der Waals surface area contributed by atoms with Crippen molar-refractivity contribution in [2.75, 3.05) is 0 Å². The molecule has 0 spiro atoms. The lowest BCUT2D eigenvalue weighted by Gasteiger charge is -2.21. The summed E-state index contributed by atoms with van der Waals surface area (Å²) in [4.78, 5) is 22.6. The van der Waals surface area contributed by atoms with Gasteiger partial charge in [-0.1, -0.05) is 12.1 Å². The summed E-state index contributed by atoms with van der Waals surface area (Å²) in [5.74, 6) is -1.05. The Kier molecular flexibility index (Phi) is 4.35. The van der Waals surface area contributed by atoms with Gasteiger partial charge in [0.05, 0.1) is 17.4 Å². The second-order valence-electron chi connectivity index (χ2n) is 4.60. The zero-order chi connectivity index (χ0) is 15.5. The summed E-state index contributed by atoms with van der Waals surface area (Å²) in [5, 5.41) is 10.7. The minimum atomic E-state index is -3.85. The van der Waals surface area contributed by atoms with E-state index in [0.717, 1.165) is 0 Å². The summed E-state index contributed by atoms with van der Waals surface area (Å²) >= 11 is 0. The van der Waals surface area contributed by atoms with E-state index in [1.54, 1.807) is 12.1 Å². The van der Waals surface area contributed by atoms with Gasteiger partial charge >= 0.3 is 0 Å². The Morgan fingerprint density at radius 1 is 1.29 bits per heavy atom. The number of imide groups is 1. The number of rotatable bonds is 4. The van der Waals surface area contributed by atoms with Crippen molar-refractivity contribution in [2.24, 2.45) is 0 Å². The molecule has 1 unspecified atom stereocenters. The summed E-state index contributed by atoms with van der Waals surface area (Å²) in [7, 11) is -3.85. The topological polar surface area (TPSA) is 116 Å². The molecule has 2 rings (SSSR count). The van der Waals surface area contributed by atoms with E-state index in [4.69, 9.17) is 5.26 Å². The molecule has 1 aliphatic rings. The van der Waals surface area contributed by atoms with Gasteiger partial charge in [0.15, 0.2) is 0 Å². The van der Waals surface area contributed by atoms with Gasteiger partial charge < -0.3 is 0 Å². The van der Waals surface area contributed by atoms with Crippen molar-refractivity contribution in [1.82, 2.24) is 10.0 Å². The lowest BCUT2D eigenvalue weighted by molar-refractivity contribution is -0.134. The molecule has 1 aliphatic heterocycles. The van der Waals surface area contributed by atoms with Gasteiger partial charge in [0, 0.05) is 6.42 Å². The van der Waals surface area contributed by atoms with E-state index < -0.39 is 27.9 Å². The second kappa shape index (κ2) is 6.03. The minimum Gasteiger partial charge on any atom is -0.295 e. The van der Waals surface area contributed by atoms with Crippen molar-refractivity contribution >= 4 is 21.8 Å². The largest absolute Gasteiger partial charge is 0.295 e. The van der Waals surface area contributed by atoms with Gasteiger partial charge in [0.25, 0.3) is 0 Å². The molecule has 2 N–H and O–H groups in total. The lowest BCUT2D eigenvalue weighted by atomic mass is 10.1. The van der Waals surface area contributed by atoms with Crippen molar-refractivity contribution in [2.45, 2.75) is 30.2 Å². The Bertz CT molecular complexity index is 704. The molecule has 0 saturated carbocycles. The molecule has 1 fully saturated rings. The van der Waals surface area contributed by atoms with Gasteiger partial charge in [0.1, 0.15) is 6.04 Å². The van der Waals surface area contributed by atoms with Crippen molar-refractivity contribution in [3.05, 3.63) is 29.8 Å². The first kappa shape index (κ1) is 15.2. The maximum absolute atomic E-state index is 12.2. The zero-order valence-electron chi connectivity index (χ0n) is 11.0. The third kappa shape index (κ3) is 3.65. The first-order valence-corrected chi connectivity index (χ1v) is 7.72. The summed E-state index contributed by atoms with van der Waals surface area (Å²) in [6.07, 6.45) is 0.428. The van der Waals surface area contributed by atoms with E-state index in [0.29, 0.717) is 5.56 Å². The van der Waals surface area contributed by atoms with Crippen molar-refractivity contribution < 1.29 is 18.0 Å². The number of piperidine rings is 1. The van der Waals surface area contributed by atoms with Gasteiger partial charge in [-0.2, -0.15) is 9.98 Å². The molecule has 8 heteroatoms. The molecule has 1 aromatic rings. The van der Waals surface area contributed by atoms with Gasteiger partial charge in [-0.15, -0.1) is 0 Å². The fourth-order valence-corrected chi connectivity index (χ4v) is 3.17. The van der Waals surface area contributed by atoms with Crippen LogP contribution in [0, 0.1) is 11.3 Å². The Morgan fingerprint density at radius 2 is 1.95 bits per heavy atom. The molecule has 110 valence electrons. The standard InChI is InChI=1S/C13H13N3O4S/c14-8-7-9-1-3-10(4-2-9)21(19,20)16-11-5-6-12(17)15-13(11)18/h1-4,11,16H,5-7H2,(H,15,17,18). The van der Waals surface area contributed by atoms with E-state index >= 15 is 0 Å². The first-order valence-electron chi connectivity index (χ1n) is 6.24. The number of sulfonamides is 1. The highest BCUT2D eigenvalue weighted by Crippen LogP contribution is 2.13. The molecular formula is C13H13N3O4S.